The first-order chi connectivity index (χ1) is 11.4. The van der Waals surface area contributed by atoms with Crippen molar-refractivity contribution in [3.05, 3.63) is 56.5 Å². The highest BCUT2D eigenvalue weighted by Crippen LogP contribution is 2.21. The van der Waals surface area contributed by atoms with Gasteiger partial charge in [0.15, 0.2) is 5.69 Å². The fourth-order valence-electron chi connectivity index (χ4n) is 2.03. The van der Waals surface area contributed by atoms with Crippen molar-refractivity contribution in [1.29, 1.82) is 0 Å². The number of amides is 1. The van der Waals surface area contributed by atoms with Gasteiger partial charge < -0.3 is 0 Å². The summed E-state index contributed by atoms with van der Waals surface area (Å²) in [5.74, 6) is -0.215. The molecule has 0 aliphatic carbocycles. The van der Waals surface area contributed by atoms with Crippen molar-refractivity contribution in [1.82, 2.24) is 24.5 Å². The highest BCUT2D eigenvalue weighted by molar-refractivity contribution is 9.10. The van der Waals surface area contributed by atoms with Crippen LogP contribution in [0.4, 0.5) is 5.95 Å². The summed E-state index contributed by atoms with van der Waals surface area (Å²) in [6.07, 6.45) is 3.19. The van der Waals surface area contributed by atoms with Crippen LogP contribution in [0, 0.1) is 0 Å². The van der Waals surface area contributed by atoms with Crippen LogP contribution < -0.4 is 5.32 Å². The molecule has 0 radical (unpaired) electrons. The molecule has 24 heavy (non-hydrogen) atoms. The second-order valence-corrected chi connectivity index (χ2v) is 6.65. The molecule has 0 bridgehead atoms. The van der Waals surface area contributed by atoms with Crippen LogP contribution >= 0.6 is 39.1 Å². The monoisotopic (exact) mass is 428 g/mol. The highest BCUT2D eigenvalue weighted by Gasteiger charge is 2.16. The van der Waals surface area contributed by atoms with E-state index in [1.54, 1.807) is 30.1 Å². The lowest BCUT2D eigenvalue weighted by atomic mass is 10.2. The quantitative estimate of drug-likeness (QED) is 0.689. The SMILES string of the molecule is Cn1cc(Br)c(C(=O)Nc2ncn(Cc3ccc(Cl)cc3Cl)n2)n1. The third-order valence-electron chi connectivity index (χ3n) is 3.11. The van der Waals surface area contributed by atoms with Crippen molar-refractivity contribution in [2.45, 2.75) is 6.54 Å². The molecule has 0 unspecified atom stereocenters. The Morgan fingerprint density at radius 2 is 2.12 bits per heavy atom. The minimum absolute atomic E-state index is 0.183. The minimum atomic E-state index is -0.398. The van der Waals surface area contributed by atoms with Crippen molar-refractivity contribution in [2.75, 3.05) is 5.32 Å². The molecule has 0 spiro atoms. The summed E-state index contributed by atoms with van der Waals surface area (Å²) in [5.41, 5.74) is 1.10. The van der Waals surface area contributed by atoms with Crippen molar-refractivity contribution < 1.29 is 4.79 Å². The van der Waals surface area contributed by atoms with E-state index in [1.807, 2.05) is 6.07 Å². The van der Waals surface area contributed by atoms with Crippen LogP contribution in [-0.2, 0) is 13.6 Å². The highest BCUT2D eigenvalue weighted by atomic mass is 79.9. The number of rotatable bonds is 4. The molecule has 10 heteroatoms. The van der Waals surface area contributed by atoms with Gasteiger partial charge in [-0.25, -0.2) is 9.67 Å². The van der Waals surface area contributed by atoms with E-state index >= 15 is 0 Å². The second kappa shape index (κ2) is 6.92. The summed E-state index contributed by atoms with van der Waals surface area (Å²) in [6.45, 7) is 0.409. The summed E-state index contributed by atoms with van der Waals surface area (Å²) < 4.78 is 3.70. The molecule has 1 amide bonds. The van der Waals surface area contributed by atoms with Gasteiger partial charge in [0.2, 0.25) is 5.95 Å². The number of hydrogen-bond acceptors (Lipinski definition) is 4. The Hall–Kier alpha value is -1.90. The molecule has 3 rings (SSSR count). The Labute approximate surface area is 155 Å². The van der Waals surface area contributed by atoms with Crippen molar-refractivity contribution in [2.24, 2.45) is 7.05 Å². The van der Waals surface area contributed by atoms with Crippen molar-refractivity contribution in [3.63, 3.8) is 0 Å². The van der Waals surface area contributed by atoms with Gasteiger partial charge in [-0.15, -0.1) is 5.10 Å². The fourth-order valence-corrected chi connectivity index (χ4v) is 3.05. The molecule has 0 saturated heterocycles. The Kier molecular flexibility index (Phi) is 4.88. The molecule has 2 heterocycles. The maximum absolute atomic E-state index is 12.2. The summed E-state index contributed by atoms with van der Waals surface area (Å²) >= 11 is 15.3. The molecule has 7 nitrogen and oxygen atoms in total. The third kappa shape index (κ3) is 3.77. The van der Waals surface area contributed by atoms with Crippen LogP contribution in [0.3, 0.4) is 0 Å². The van der Waals surface area contributed by atoms with Gasteiger partial charge in [-0.3, -0.25) is 14.8 Å². The first-order valence-corrected chi connectivity index (χ1v) is 8.31. The number of aryl methyl sites for hydroxylation is 1. The van der Waals surface area contributed by atoms with Crippen LogP contribution in [0.1, 0.15) is 16.1 Å². The van der Waals surface area contributed by atoms with Gasteiger partial charge in [0, 0.05) is 23.3 Å². The molecule has 2 aromatic heterocycles. The molecule has 0 aliphatic heterocycles. The Balaban J connectivity index is 1.71. The van der Waals surface area contributed by atoms with Gasteiger partial charge >= 0.3 is 0 Å². The van der Waals surface area contributed by atoms with E-state index in [0.29, 0.717) is 21.1 Å². The predicted molar refractivity (Wildman–Crippen MR) is 94.4 cm³/mol. The topological polar surface area (TPSA) is 77.6 Å². The lowest BCUT2D eigenvalue weighted by Crippen LogP contribution is -2.15. The van der Waals surface area contributed by atoms with E-state index in [4.69, 9.17) is 23.2 Å². The molecule has 124 valence electrons. The van der Waals surface area contributed by atoms with E-state index in [0.717, 1.165) is 5.56 Å². The number of hydrogen-bond donors (Lipinski definition) is 1. The summed E-state index contributed by atoms with van der Waals surface area (Å²) in [5, 5.41) is 12.0. The fraction of sp³-hybridized carbons (Fsp3) is 0.143. The Morgan fingerprint density at radius 3 is 2.79 bits per heavy atom. The molecule has 0 fully saturated rings. The first kappa shape index (κ1) is 16.9. The number of anilines is 1. The predicted octanol–water partition coefficient (Wildman–Crippen LogP) is 3.38. The van der Waals surface area contributed by atoms with Crippen LogP contribution in [0.15, 0.2) is 35.2 Å². The standard InChI is InChI=1S/C14H11BrCl2N6O/c1-22-6-10(15)12(20-22)13(24)19-14-18-7-23(21-14)5-8-2-3-9(16)4-11(8)17/h2-4,6-7H,5H2,1H3,(H,19,21,24). The van der Waals surface area contributed by atoms with E-state index in [2.05, 4.69) is 36.4 Å². The normalized spacial score (nSPS) is 10.8. The first-order valence-electron chi connectivity index (χ1n) is 6.76. The van der Waals surface area contributed by atoms with Crippen LogP contribution in [-0.4, -0.2) is 30.5 Å². The Bertz CT molecular complexity index is 907. The van der Waals surface area contributed by atoms with Gasteiger partial charge in [0.05, 0.1) is 11.0 Å². The summed E-state index contributed by atoms with van der Waals surface area (Å²) in [6, 6.07) is 5.23. The summed E-state index contributed by atoms with van der Waals surface area (Å²) in [4.78, 5) is 16.2. The zero-order valence-electron chi connectivity index (χ0n) is 12.4. The molecular weight excluding hydrogens is 419 g/mol. The zero-order valence-corrected chi connectivity index (χ0v) is 15.5. The van der Waals surface area contributed by atoms with Gasteiger partial charge in [-0.2, -0.15) is 5.10 Å². The third-order valence-corrected chi connectivity index (χ3v) is 4.28. The number of nitrogens with one attached hydrogen (secondary N) is 1. The van der Waals surface area contributed by atoms with Gasteiger partial charge in [0.1, 0.15) is 6.33 Å². The molecule has 0 saturated carbocycles. The molecule has 3 aromatic rings. The molecule has 0 aliphatic rings. The summed E-state index contributed by atoms with van der Waals surface area (Å²) in [7, 11) is 1.73. The van der Waals surface area contributed by atoms with Gasteiger partial charge in [-0.1, -0.05) is 29.3 Å². The largest absolute Gasteiger partial charge is 0.288 e. The average Bonchev–Trinajstić information content (AvgIpc) is 3.08. The molecular formula is C14H11BrCl2N6O. The van der Waals surface area contributed by atoms with Crippen molar-refractivity contribution >= 4 is 51.0 Å². The second-order valence-electron chi connectivity index (χ2n) is 4.95. The average molecular weight is 430 g/mol. The zero-order chi connectivity index (χ0) is 17.3. The van der Waals surface area contributed by atoms with Gasteiger partial charge in [-0.05, 0) is 33.6 Å². The lowest BCUT2D eigenvalue weighted by Gasteiger charge is -2.04. The van der Waals surface area contributed by atoms with E-state index in [9.17, 15) is 4.79 Å². The van der Waals surface area contributed by atoms with Crippen molar-refractivity contribution in [3.8, 4) is 0 Å². The maximum atomic E-state index is 12.2. The Morgan fingerprint density at radius 1 is 1.33 bits per heavy atom. The van der Waals surface area contributed by atoms with Crippen LogP contribution in [0.2, 0.25) is 10.0 Å². The molecule has 1 aromatic carbocycles. The molecule has 0 atom stereocenters. The number of aromatic nitrogens is 5. The number of carbonyl (C=O) groups excluding carboxylic acids is 1. The maximum Gasteiger partial charge on any atom is 0.279 e. The molecule has 1 N–H and O–H groups in total. The number of carbonyl (C=O) groups is 1. The van der Waals surface area contributed by atoms with Gasteiger partial charge in [0.25, 0.3) is 5.91 Å². The number of nitrogens with zero attached hydrogens (tertiary/aromatic N) is 5. The smallest absolute Gasteiger partial charge is 0.279 e. The number of halogens is 3. The van der Waals surface area contributed by atoms with Crippen LogP contribution in [0.5, 0.6) is 0 Å². The van der Waals surface area contributed by atoms with E-state index in [-0.39, 0.29) is 11.6 Å². The number of benzene rings is 1. The van der Waals surface area contributed by atoms with E-state index in [1.165, 1.54) is 11.0 Å². The van der Waals surface area contributed by atoms with Crippen LogP contribution in [0.25, 0.3) is 0 Å². The lowest BCUT2D eigenvalue weighted by molar-refractivity contribution is 0.102. The minimum Gasteiger partial charge on any atom is -0.288 e. The van der Waals surface area contributed by atoms with E-state index < -0.39 is 5.91 Å².